The van der Waals surface area contributed by atoms with Gasteiger partial charge in [0.15, 0.2) is 0 Å². The third-order valence-corrected chi connectivity index (χ3v) is 3.80. The second-order valence-corrected chi connectivity index (χ2v) is 5.93. The number of carbonyl (C=O) groups excluding carboxylic acids is 1. The minimum atomic E-state index is 0.193. The molecule has 0 atom stereocenters. The molecular weight excluding hydrogens is 258 g/mol. The number of unbranched alkanes of at least 4 members (excludes halogenated alkanes) is 1. The van der Waals surface area contributed by atoms with Gasteiger partial charge in [-0.15, -0.1) is 0 Å². The van der Waals surface area contributed by atoms with Gasteiger partial charge in [0, 0.05) is 39.0 Å². The first kappa shape index (κ1) is 16.4. The molecule has 0 aromatic heterocycles. The van der Waals surface area contributed by atoms with Gasteiger partial charge in [0.1, 0.15) is 0 Å². The van der Waals surface area contributed by atoms with E-state index in [0.717, 1.165) is 19.1 Å². The normalized spacial score (nSPS) is 14.7. The molecule has 0 radical (unpaired) electrons. The fourth-order valence-corrected chi connectivity index (χ4v) is 2.20. The lowest BCUT2D eigenvalue weighted by Crippen LogP contribution is -2.35. The Labute approximate surface area is 122 Å². The molecule has 19 heavy (non-hydrogen) atoms. The monoisotopic (exact) mass is 285 g/mol. The zero-order valence-corrected chi connectivity index (χ0v) is 13.0. The first-order chi connectivity index (χ1) is 9.04. The van der Waals surface area contributed by atoms with Gasteiger partial charge in [-0.3, -0.25) is 9.69 Å². The Hall–Kier alpha value is -0.680. The van der Waals surface area contributed by atoms with E-state index >= 15 is 0 Å². The Bertz CT molecular complexity index is 305. The van der Waals surface area contributed by atoms with Crippen LogP contribution in [0.3, 0.4) is 0 Å². The smallest absolute Gasteiger partial charge is 0.223 e. The fraction of sp³-hybridized carbons (Fsp3) is 0.857. The Kier molecular flexibility index (Phi) is 7.31. The zero-order chi connectivity index (χ0) is 14.3. The van der Waals surface area contributed by atoms with Crippen LogP contribution >= 0.6 is 12.2 Å². The Morgan fingerprint density at radius 1 is 1.26 bits per heavy atom. The summed E-state index contributed by atoms with van der Waals surface area (Å²) in [5, 5.41) is 0. The summed E-state index contributed by atoms with van der Waals surface area (Å²) in [6, 6.07) is 0.737. The molecule has 4 nitrogen and oxygen atoms in total. The highest BCUT2D eigenvalue weighted by molar-refractivity contribution is 7.80. The molecule has 0 aliphatic heterocycles. The van der Waals surface area contributed by atoms with Crippen molar-refractivity contribution in [2.75, 3.05) is 26.7 Å². The summed E-state index contributed by atoms with van der Waals surface area (Å²) in [5.74, 6) is 0.193. The highest BCUT2D eigenvalue weighted by atomic mass is 32.1. The van der Waals surface area contributed by atoms with Crippen LogP contribution in [0.1, 0.15) is 45.4 Å². The minimum absolute atomic E-state index is 0.193. The molecule has 0 spiro atoms. The molecule has 1 saturated carbocycles. The predicted molar refractivity (Wildman–Crippen MR) is 83.2 cm³/mol. The van der Waals surface area contributed by atoms with E-state index in [-0.39, 0.29) is 5.91 Å². The van der Waals surface area contributed by atoms with Crippen LogP contribution in [0.2, 0.25) is 0 Å². The van der Waals surface area contributed by atoms with Crippen molar-refractivity contribution in [3.05, 3.63) is 0 Å². The molecule has 5 heteroatoms. The van der Waals surface area contributed by atoms with E-state index in [1.54, 1.807) is 4.90 Å². The van der Waals surface area contributed by atoms with Crippen LogP contribution in [-0.2, 0) is 4.79 Å². The molecule has 1 aliphatic rings. The summed E-state index contributed by atoms with van der Waals surface area (Å²) in [5.41, 5.74) is 5.45. The molecule has 0 bridgehead atoms. The Morgan fingerprint density at radius 2 is 1.95 bits per heavy atom. The number of nitrogens with zero attached hydrogens (tertiary/aromatic N) is 2. The third-order valence-electron chi connectivity index (χ3n) is 3.59. The van der Waals surface area contributed by atoms with Gasteiger partial charge in [0.2, 0.25) is 5.91 Å². The van der Waals surface area contributed by atoms with E-state index in [0.29, 0.717) is 24.4 Å². The molecule has 0 aromatic rings. The maximum atomic E-state index is 12.0. The predicted octanol–water partition coefficient (Wildman–Crippen LogP) is 1.78. The fourth-order valence-electron chi connectivity index (χ4n) is 2.11. The molecule has 0 aromatic carbocycles. The van der Waals surface area contributed by atoms with Gasteiger partial charge in [-0.05, 0) is 25.8 Å². The lowest BCUT2D eigenvalue weighted by Gasteiger charge is -2.23. The second-order valence-electron chi connectivity index (χ2n) is 5.40. The van der Waals surface area contributed by atoms with Crippen molar-refractivity contribution in [2.24, 2.45) is 5.73 Å². The van der Waals surface area contributed by atoms with Gasteiger partial charge in [0.05, 0.1) is 4.99 Å². The van der Waals surface area contributed by atoms with Crippen molar-refractivity contribution >= 4 is 23.1 Å². The number of thiocarbonyl (C=S) groups is 1. The Balaban J connectivity index is 2.24. The molecule has 1 aliphatic carbocycles. The molecule has 1 fully saturated rings. The quantitative estimate of drug-likeness (QED) is 0.622. The van der Waals surface area contributed by atoms with E-state index in [2.05, 4.69) is 11.8 Å². The van der Waals surface area contributed by atoms with Crippen LogP contribution in [0.5, 0.6) is 0 Å². The molecule has 0 unspecified atom stereocenters. The zero-order valence-electron chi connectivity index (χ0n) is 12.2. The van der Waals surface area contributed by atoms with Crippen LogP contribution in [-0.4, -0.2) is 53.4 Å². The Morgan fingerprint density at radius 3 is 2.47 bits per heavy atom. The van der Waals surface area contributed by atoms with Crippen molar-refractivity contribution in [3.63, 3.8) is 0 Å². The largest absolute Gasteiger partial charge is 0.393 e. The highest BCUT2D eigenvalue weighted by Crippen LogP contribution is 2.27. The number of nitrogens with two attached hydrogens (primary N) is 1. The van der Waals surface area contributed by atoms with Crippen LogP contribution in [0.15, 0.2) is 0 Å². The van der Waals surface area contributed by atoms with Crippen molar-refractivity contribution in [2.45, 2.75) is 51.5 Å². The molecular formula is C14H27N3OS. The standard InChI is InChI=1S/C14H27N3OS/c1-3-4-9-17(12-5-6-12)11-8-14(18)16(2)10-7-13(15)19/h12H,3-11H2,1-2H3,(H2,15,19). The van der Waals surface area contributed by atoms with Crippen LogP contribution in [0.25, 0.3) is 0 Å². The van der Waals surface area contributed by atoms with Gasteiger partial charge in [-0.2, -0.15) is 0 Å². The van der Waals surface area contributed by atoms with E-state index in [1.165, 1.54) is 25.7 Å². The molecule has 0 saturated heterocycles. The second kappa shape index (κ2) is 8.48. The summed E-state index contributed by atoms with van der Waals surface area (Å²) in [7, 11) is 1.83. The van der Waals surface area contributed by atoms with Crippen molar-refractivity contribution in [3.8, 4) is 0 Å². The van der Waals surface area contributed by atoms with Gasteiger partial charge in [-0.25, -0.2) is 0 Å². The SMILES string of the molecule is CCCCN(CCC(=O)N(C)CCC(N)=S)C1CC1. The summed E-state index contributed by atoms with van der Waals surface area (Å²) in [6.07, 6.45) is 6.26. The van der Waals surface area contributed by atoms with E-state index in [9.17, 15) is 4.79 Å². The molecule has 2 N–H and O–H groups in total. The maximum absolute atomic E-state index is 12.0. The van der Waals surface area contributed by atoms with Gasteiger partial charge >= 0.3 is 0 Å². The van der Waals surface area contributed by atoms with E-state index in [1.807, 2.05) is 7.05 Å². The average molecular weight is 285 g/mol. The average Bonchev–Trinajstić information content (AvgIpc) is 3.20. The topological polar surface area (TPSA) is 49.6 Å². The van der Waals surface area contributed by atoms with Gasteiger partial charge < -0.3 is 10.6 Å². The van der Waals surface area contributed by atoms with Crippen LogP contribution in [0, 0.1) is 0 Å². The van der Waals surface area contributed by atoms with Crippen molar-refractivity contribution < 1.29 is 4.79 Å². The maximum Gasteiger partial charge on any atom is 0.223 e. The lowest BCUT2D eigenvalue weighted by atomic mass is 10.2. The molecule has 0 heterocycles. The van der Waals surface area contributed by atoms with Gasteiger partial charge in [0.25, 0.3) is 0 Å². The van der Waals surface area contributed by atoms with Crippen molar-refractivity contribution in [1.82, 2.24) is 9.80 Å². The number of hydrogen-bond acceptors (Lipinski definition) is 3. The minimum Gasteiger partial charge on any atom is -0.393 e. The van der Waals surface area contributed by atoms with Crippen LogP contribution in [0.4, 0.5) is 0 Å². The van der Waals surface area contributed by atoms with Crippen LogP contribution < -0.4 is 5.73 Å². The number of amides is 1. The third kappa shape index (κ3) is 6.87. The van der Waals surface area contributed by atoms with E-state index < -0.39 is 0 Å². The highest BCUT2D eigenvalue weighted by Gasteiger charge is 2.28. The summed E-state index contributed by atoms with van der Waals surface area (Å²) in [4.78, 5) is 16.7. The summed E-state index contributed by atoms with van der Waals surface area (Å²) < 4.78 is 0. The summed E-state index contributed by atoms with van der Waals surface area (Å²) >= 11 is 4.83. The van der Waals surface area contributed by atoms with Crippen molar-refractivity contribution in [1.29, 1.82) is 0 Å². The molecule has 1 rings (SSSR count). The van der Waals surface area contributed by atoms with Gasteiger partial charge in [-0.1, -0.05) is 25.6 Å². The number of carbonyl (C=O) groups is 1. The molecule has 1 amide bonds. The summed E-state index contributed by atoms with van der Waals surface area (Å²) in [6.45, 7) is 4.86. The number of hydrogen-bond donors (Lipinski definition) is 1. The lowest BCUT2D eigenvalue weighted by molar-refractivity contribution is -0.130. The number of rotatable bonds is 10. The first-order valence-electron chi connectivity index (χ1n) is 7.31. The first-order valence-corrected chi connectivity index (χ1v) is 7.71. The van der Waals surface area contributed by atoms with E-state index in [4.69, 9.17) is 18.0 Å². The molecule has 110 valence electrons.